The average molecular weight is 367 g/mol. The van der Waals surface area contributed by atoms with Crippen LogP contribution < -0.4 is 4.74 Å². The lowest BCUT2D eigenvalue weighted by Crippen LogP contribution is -2.49. The number of hydrogen-bond acceptors (Lipinski definition) is 6. The first-order valence-electron chi connectivity index (χ1n) is 8.92. The molecule has 0 spiro atoms. The van der Waals surface area contributed by atoms with E-state index in [1.807, 2.05) is 44.2 Å². The lowest BCUT2D eigenvalue weighted by molar-refractivity contribution is -0.145. The largest absolute Gasteiger partial charge is 0.467 e. The maximum absolute atomic E-state index is 12.5. The van der Waals surface area contributed by atoms with E-state index in [1.165, 1.54) is 6.33 Å². The SMILES string of the molecule is CC1CN(C(=O)COc2ncnc3c2cnn3-c2ccccc2)CC(C)O1. The number of rotatable bonds is 4. The number of hydrogen-bond donors (Lipinski definition) is 0. The van der Waals surface area contributed by atoms with Crippen LogP contribution in [0.4, 0.5) is 0 Å². The van der Waals surface area contributed by atoms with Gasteiger partial charge in [0.05, 0.1) is 24.1 Å². The smallest absolute Gasteiger partial charge is 0.260 e. The van der Waals surface area contributed by atoms with Crippen LogP contribution in [0.2, 0.25) is 0 Å². The highest BCUT2D eigenvalue weighted by atomic mass is 16.5. The number of benzene rings is 1. The van der Waals surface area contributed by atoms with Gasteiger partial charge in [-0.3, -0.25) is 4.79 Å². The minimum Gasteiger partial charge on any atom is -0.467 e. The van der Waals surface area contributed by atoms with Crippen LogP contribution >= 0.6 is 0 Å². The van der Waals surface area contributed by atoms with E-state index in [9.17, 15) is 4.79 Å². The lowest BCUT2D eigenvalue weighted by Gasteiger charge is -2.35. The normalized spacial score (nSPS) is 20.0. The summed E-state index contributed by atoms with van der Waals surface area (Å²) in [7, 11) is 0. The first-order valence-corrected chi connectivity index (χ1v) is 8.92. The fraction of sp³-hybridized carbons (Fsp3) is 0.368. The van der Waals surface area contributed by atoms with Crippen molar-refractivity contribution in [3.63, 3.8) is 0 Å². The van der Waals surface area contributed by atoms with E-state index in [0.29, 0.717) is 30.0 Å². The molecule has 0 aliphatic carbocycles. The molecule has 3 aromatic rings. The molecule has 8 heteroatoms. The van der Waals surface area contributed by atoms with Crippen molar-refractivity contribution in [2.45, 2.75) is 26.1 Å². The number of nitrogens with zero attached hydrogens (tertiary/aromatic N) is 5. The van der Waals surface area contributed by atoms with E-state index >= 15 is 0 Å². The lowest BCUT2D eigenvalue weighted by atomic mass is 10.2. The van der Waals surface area contributed by atoms with Gasteiger partial charge in [0.25, 0.3) is 5.91 Å². The Bertz CT molecular complexity index is 933. The number of para-hydroxylation sites is 1. The van der Waals surface area contributed by atoms with Crippen LogP contribution in [-0.2, 0) is 9.53 Å². The summed E-state index contributed by atoms with van der Waals surface area (Å²) in [5.74, 6) is 0.268. The molecule has 2 aromatic heterocycles. The zero-order valence-electron chi connectivity index (χ0n) is 15.3. The molecule has 0 radical (unpaired) electrons. The van der Waals surface area contributed by atoms with Crippen molar-refractivity contribution in [3.05, 3.63) is 42.9 Å². The van der Waals surface area contributed by atoms with E-state index in [0.717, 1.165) is 5.69 Å². The van der Waals surface area contributed by atoms with Crippen molar-refractivity contribution in [2.24, 2.45) is 0 Å². The van der Waals surface area contributed by atoms with Gasteiger partial charge in [-0.15, -0.1) is 0 Å². The Kier molecular flexibility index (Phi) is 4.72. The first-order chi connectivity index (χ1) is 13.1. The summed E-state index contributed by atoms with van der Waals surface area (Å²) in [6.07, 6.45) is 3.11. The molecule has 8 nitrogen and oxygen atoms in total. The van der Waals surface area contributed by atoms with E-state index in [1.54, 1.807) is 15.8 Å². The van der Waals surface area contributed by atoms with E-state index < -0.39 is 0 Å². The van der Waals surface area contributed by atoms with Crippen LogP contribution in [0, 0.1) is 0 Å². The zero-order chi connectivity index (χ0) is 18.8. The van der Waals surface area contributed by atoms with Gasteiger partial charge in [0, 0.05) is 13.1 Å². The molecule has 2 atom stereocenters. The molecule has 1 amide bonds. The quantitative estimate of drug-likeness (QED) is 0.700. The van der Waals surface area contributed by atoms with Gasteiger partial charge in [-0.05, 0) is 26.0 Å². The predicted molar refractivity (Wildman–Crippen MR) is 98.7 cm³/mol. The molecule has 2 unspecified atom stereocenters. The molecule has 0 N–H and O–H groups in total. The Morgan fingerprint density at radius 3 is 2.67 bits per heavy atom. The monoisotopic (exact) mass is 367 g/mol. The Morgan fingerprint density at radius 1 is 1.19 bits per heavy atom. The topological polar surface area (TPSA) is 82.4 Å². The van der Waals surface area contributed by atoms with Crippen molar-refractivity contribution >= 4 is 16.9 Å². The van der Waals surface area contributed by atoms with Gasteiger partial charge < -0.3 is 14.4 Å². The average Bonchev–Trinajstić information content (AvgIpc) is 3.10. The number of carbonyl (C=O) groups is 1. The van der Waals surface area contributed by atoms with Crippen molar-refractivity contribution in [2.75, 3.05) is 19.7 Å². The van der Waals surface area contributed by atoms with Gasteiger partial charge in [-0.2, -0.15) is 5.10 Å². The minimum absolute atomic E-state index is 0.0209. The summed E-state index contributed by atoms with van der Waals surface area (Å²) >= 11 is 0. The molecule has 1 fully saturated rings. The molecule has 1 aromatic carbocycles. The standard InChI is InChI=1S/C19H21N5O3/c1-13-9-23(10-14(2)27-13)17(25)11-26-19-16-8-22-24(18(16)20-12-21-19)15-6-4-3-5-7-15/h3-8,12-14H,9-11H2,1-2H3. The highest BCUT2D eigenvalue weighted by Crippen LogP contribution is 2.23. The summed E-state index contributed by atoms with van der Waals surface area (Å²) < 4.78 is 13.1. The van der Waals surface area contributed by atoms with Crippen molar-refractivity contribution in [3.8, 4) is 11.6 Å². The molecule has 27 heavy (non-hydrogen) atoms. The van der Waals surface area contributed by atoms with Gasteiger partial charge in [-0.25, -0.2) is 14.6 Å². The van der Waals surface area contributed by atoms with Crippen LogP contribution in [0.5, 0.6) is 5.88 Å². The highest BCUT2D eigenvalue weighted by Gasteiger charge is 2.26. The van der Waals surface area contributed by atoms with E-state index in [-0.39, 0.29) is 24.7 Å². The fourth-order valence-corrected chi connectivity index (χ4v) is 3.30. The predicted octanol–water partition coefficient (Wildman–Crippen LogP) is 1.83. The van der Waals surface area contributed by atoms with E-state index in [4.69, 9.17) is 9.47 Å². The number of morpholine rings is 1. The molecule has 0 bridgehead atoms. The van der Waals surface area contributed by atoms with Crippen LogP contribution in [0.1, 0.15) is 13.8 Å². The van der Waals surface area contributed by atoms with Crippen molar-refractivity contribution < 1.29 is 14.3 Å². The Labute approximate surface area is 156 Å². The van der Waals surface area contributed by atoms with Gasteiger partial charge in [0.1, 0.15) is 11.7 Å². The number of amides is 1. The van der Waals surface area contributed by atoms with E-state index in [2.05, 4.69) is 15.1 Å². The molecule has 1 saturated heterocycles. The van der Waals surface area contributed by atoms with Crippen LogP contribution in [0.3, 0.4) is 0 Å². The summed E-state index contributed by atoms with van der Waals surface area (Å²) in [6.45, 7) is 4.98. The number of aromatic nitrogens is 4. The second-order valence-corrected chi connectivity index (χ2v) is 6.65. The third-order valence-corrected chi connectivity index (χ3v) is 4.43. The van der Waals surface area contributed by atoms with Gasteiger partial charge in [-0.1, -0.05) is 18.2 Å². The molecule has 140 valence electrons. The fourth-order valence-electron chi connectivity index (χ4n) is 3.30. The number of ether oxygens (including phenoxy) is 2. The minimum atomic E-state index is -0.0841. The first kappa shape index (κ1) is 17.4. The molecule has 0 saturated carbocycles. The van der Waals surface area contributed by atoms with Crippen molar-refractivity contribution in [1.82, 2.24) is 24.6 Å². The third kappa shape index (κ3) is 3.61. The Hall–Kier alpha value is -3.00. The van der Waals surface area contributed by atoms with Crippen LogP contribution in [-0.4, -0.2) is 62.5 Å². The molecule has 1 aliphatic rings. The van der Waals surface area contributed by atoms with Gasteiger partial charge in [0.2, 0.25) is 5.88 Å². The second-order valence-electron chi connectivity index (χ2n) is 6.65. The maximum atomic E-state index is 12.5. The number of carbonyl (C=O) groups excluding carboxylic acids is 1. The van der Waals surface area contributed by atoms with Crippen LogP contribution in [0.25, 0.3) is 16.7 Å². The maximum Gasteiger partial charge on any atom is 0.260 e. The van der Waals surface area contributed by atoms with Gasteiger partial charge in [0.15, 0.2) is 12.3 Å². The Balaban J connectivity index is 1.51. The Morgan fingerprint density at radius 2 is 1.93 bits per heavy atom. The summed E-state index contributed by atoms with van der Waals surface area (Å²) in [5, 5.41) is 5.05. The molecular weight excluding hydrogens is 346 g/mol. The molecule has 4 rings (SSSR count). The molecule has 3 heterocycles. The summed E-state index contributed by atoms with van der Waals surface area (Å²) in [5.41, 5.74) is 1.52. The summed E-state index contributed by atoms with van der Waals surface area (Å²) in [4.78, 5) is 22.8. The zero-order valence-corrected chi connectivity index (χ0v) is 15.3. The molecular formula is C19H21N5O3. The van der Waals surface area contributed by atoms with Crippen LogP contribution in [0.15, 0.2) is 42.9 Å². The third-order valence-electron chi connectivity index (χ3n) is 4.43. The summed E-state index contributed by atoms with van der Waals surface area (Å²) in [6, 6.07) is 9.70. The number of fused-ring (bicyclic) bond motifs is 1. The second kappa shape index (κ2) is 7.32. The van der Waals surface area contributed by atoms with Gasteiger partial charge >= 0.3 is 0 Å². The van der Waals surface area contributed by atoms with Crippen molar-refractivity contribution in [1.29, 1.82) is 0 Å². The molecule has 1 aliphatic heterocycles. The highest BCUT2D eigenvalue weighted by molar-refractivity contribution is 5.82.